The Morgan fingerprint density at radius 3 is 2.38 bits per heavy atom. The van der Waals surface area contributed by atoms with Crippen LogP contribution in [0.4, 0.5) is 5.69 Å². The Labute approximate surface area is 149 Å². The second kappa shape index (κ2) is 8.18. The molecule has 0 heterocycles. The van der Waals surface area contributed by atoms with Gasteiger partial charge >= 0.3 is 10.1 Å². The lowest BCUT2D eigenvalue weighted by molar-refractivity contribution is -0.384. The Bertz CT molecular complexity index is 937. The summed E-state index contributed by atoms with van der Waals surface area (Å²) in [5.74, 6) is -0.390. The van der Waals surface area contributed by atoms with E-state index < -0.39 is 15.0 Å². The predicted octanol–water partition coefficient (Wildman–Crippen LogP) is 1.46. The number of nitro groups is 1. The second-order valence-corrected chi connectivity index (χ2v) is 6.58. The van der Waals surface area contributed by atoms with Crippen molar-refractivity contribution in [3.8, 4) is 0 Å². The summed E-state index contributed by atoms with van der Waals surface area (Å²) in [4.78, 5) is 9.99. The Hall–Kier alpha value is -3.31. The summed E-state index contributed by atoms with van der Waals surface area (Å²) in [6, 6.07) is 11.6. The number of guanidine groups is 1. The normalized spacial score (nSPS) is 12.3. The molecule has 2 aromatic rings. The quantitative estimate of drug-likeness (QED) is 0.335. The van der Waals surface area contributed by atoms with Crippen molar-refractivity contribution in [1.29, 1.82) is 0 Å². The van der Waals surface area contributed by atoms with Gasteiger partial charge in [0, 0.05) is 12.1 Å². The molecule has 0 amide bonds. The number of hydroxylamine groups is 1. The number of non-ortho nitro benzene ring substituents is 1. The van der Waals surface area contributed by atoms with Crippen LogP contribution in [0.25, 0.3) is 0 Å². The molecule has 2 aromatic carbocycles. The molecule has 0 aromatic heterocycles. The summed E-state index contributed by atoms with van der Waals surface area (Å²) in [6.07, 6.45) is 1.28. The maximum Gasteiger partial charge on any atom is 0.317 e. The molecule has 0 saturated heterocycles. The summed E-state index contributed by atoms with van der Waals surface area (Å²) in [5, 5.41) is 17.7. The SMILES string of the molecule is Cc1ccc(S(=O)(=O)ONC(N)=NN=Cc2ccc([N+](=O)[O-])cc2)cc1. The van der Waals surface area contributed by atoms with E-state index in [4.69, 9.17) is 5.73 Å². The van der Waals surface area contributed by atoms with Gasteiger partial charge in [-0.15, -0.1) is 9.39 Å². The monoisotopic (exact) mass is 377 g/mol. The number of nitro benzene ring substituents is 1. The Kier molecular flexibility index (Phi) is 5.98. The first kappa shape index (κ1) is 19.0. The Morgan fingerprint density at radius 2 is 1.81 bits per heavy atom. The maximum atomic E-state index is 11.9. The first-order valence-corrected chi connectivity index (χ1v) is 8.56. The van der Waals surface area contributed by atoms with Crippen molar-refractivity contribution in [2.24, 2.45) is 15.9 Å². The van der Waals surface area contributed by atoms with E-state index in [-0.39, 0.29) is 16.5 Å². The van der Waals surface area contributed by atoms with E-state index in [9.17, 15) is 18.5 Å². The van der Waals surface area contributed by atoms with Crippen LogP contribution < -0.4 is 11.2 Å². The minimum absolute atomic E-state index is 0.0437. The number of aryl methyl sites for hydroxylation is 1. The molecule has 11 heteroatoms. The average Bonchev–Trinajstić information content (AvgIpc) is 2.61. The van der Waals surface area contributed by atoms with E-state index >= 15 is 0 Å². The molecule has 0 fully saturated rings. The summed E-state index contributed by atoms with van der Waals surface area (Å²) >= 11 is 0. The molecule has 0 atom stereocenters. The number of rotatable bonds is 6. The van der Waals surface area contributed by atoms with Crippen LogP contribution in [0.3, 0.4) is 0 Å². The van der Waals surface area contributed by atoms with Crippen LogP contribution in [-0.2, 0) is 14.4 Å². The second-order valence-electron chi connectivity index (χ2n) is 5.03. The fraction of sp³-hybridized carbons (Fsp3) is 0.0667. The molecule has 3 N–H and O–H groups in total. The third-order valence-electron chi connectivity index (χ3n) is 3.04. The molecule has 136 valence electrons. The zero-order valence-electron chi connectivity index (χ0n) is 13.6. The van der Waals surface area contributed by atoms with Gasteiger partial charge < -0.3 is 5.73 Å². The van der Waals surface area contributed by atoms with Gasteiger partial charge in [-0.2, -0.15) is 13.5 Å². The fourth-order valence-electron chi connectivity index (χ4n) is 1.71. The van der Waals surface area contributed by atoms with Crippen LogP contribution in [0.2, 0.25) is 0 Å². The van der Waals surface area contributed by atoms with Crippen molar-refractivity contribution < 1.29 is 17.6 Å². The number of benzene rings is 2. The zero-order valence-corrected chi connectivity index (χ0v) is 14.4. The van der Waals surface area contributed by atoms with E-state index in [0.29, 0.717) is 5.56 Å². The lowest BCUT2D eigenvalue weighted by atomic mass is 10.2. The van der Waals surface area contributed by atoms with Crippen LogP contribution in [0, 0.1) is 17.0 Å². The van der Waals surface area contributed by atoms with Crippen molar-refractivity contribution in [1.82, 2.24) is 5.48 Å². The van der Waals surface area contributed by atoms with Crippen LogP contribution >= 0.6 is 0 Å². The van der Waals surface area contributed by atoms with Crippen molar-refractivity contribution in [3.05, 3.63) is 69.8 Å². The number of nitrogens with two attached hydrogens (primary N) is 1. The molecule has 10 nitrogen and oxygen atoms in total. The van der Waals surface area contributed by atoms with Crippen LogP contribution in [0.5, 0.6) is 0 Å². The lowest BCUT2D eigenvalue weighted by Crippen LogP contribution is -2.33. The van der Waals surface area contributed by atoms with E-state index in [1.54, 1.807) is 12.1 Å². The molecule has 0 radical (unpaired) electrons. The van der Waals surface area contributed by atoms with Gasteiger partial charge in [-0.25, -0.2) is 5.48 Å². The molecule has 0 unspecified atom stereocenters. The molecular weight excluding hydrogens is 362 g/mol. The highest BCUT2D eigenvalue weighted by atomic mass is 32.2. The third-order valence-corrected chi connectivity index (χ3v) is 4.19. The smallest absolute Gasteiger partial charge is 0.317 e. The molecular formula is C15H15N5O5S. The fourth-order valence-corrected chi connectivity index (χ4v) is 2.47. The molecule has 0 aliphatic carbocycles. The van der Waals surface area contributed by atoms with Gasteiger partial charge in [0.1, 0.15) is 0 Å². The molecule has 0 bridgehead atoms. The summed E-state index contributed by atoms with van der Waals surface area (Å²) < 4.78 is 28.5. The van der Waals surface area contributed by atoms with Gasteiger partial charge in [-0.1, -0.05) is 17.7 Å². The summed E-state index contributed by atoms with van der Waals surface area (Å²) in [5.41, 5.74) is 8.83. The molecule has 0 saturated carbocycles. The summed E-state index contributed by atoms with van der Waals surface area (Å²) in [7, 11) is -4.05. The van der Waals surface area contributed by atoms with Gasteiger partial charge in [0.25, 0.3) is 5.69 Å². The highest BCUT2D eigenvalue weighted by Crippen LogP contribution is 2.12. The molecule has 0 aliphatic rings. The minimum Gasteiger partial charge on any atom is -0.367 e. The molecule has 26 heavy (non-hydrogen) atoms. The predicted molar refractivity (Wildman–Crippen MR) is 94.9 cm³/mol. The van der Waals surface area contributed by atoms with Crippen molar-refractivity contribution in [3.63, 3.8) is 0 Å². The number of hydrogen-bond donors (Lipinski definition) is 2. The summed E-state index contributed by atoms with van der Waals surface area (Å²) in [6.45, 7) is 1.82. The molecule has 0 aliphatic heterocycles. The van der Waals surface area contributed by atoms with Crippen molar-refractivity contribution in [2.45, 2.75) is 11.8 Å². The number of hydrogen-bond acceptors (Lipinski definition) is 7. The third kappa shape index (κ3) is 5.36. The minimum atomic E-state index is -4.05. The van der Waals surface area contributed by atoms with Gasteiger partial charge in [-0.05, 0) is 36.8 Å². The first-order chi connectivity index (χ1) is 12.3. The van der Waals surface area contributed by atoms with Crippen LogP contribution in [0.1, 0.15) is 11.1 Å². The van der Waals surface area contributed by atoms with Gasteiger partial charge in [0.05, 0.1) is 16.0 Å². The van der Waals surface area contributed by atoms with E-state index in [1.807, 2.05) is 12.4 Å². The van der Waals surface area contributed by atoms with Gasteiger partial charge in [0.15, 0.2) is 0 Å². The first-order valence-electron chi connectivity index (χ1n) is 7.15. The standard InChI is InChI=1S/C15H15N5O5S/c1-11-2-8-14(9-3-11)26(23,24)25-19-15(16)18-17-10-12-4-6-13(7-5-12)20(21)22/h2-10H,1H3,(H3,16,18,19). The Morgan fingerprint density at radius 1 is 1.19 bits per heavy atom. The zero-order chi connectivity index (χ0) is 19.2. The van der Waals surface area contributed by atoms with Crippen molar-refractivity contribution in [2.75, 3.05) is 0 Å². The van der Waals surface area contributed by atoms with E-state index in [2.05, 4.69) is 14.5 Å². The number of nitrogens with zero attached hydrogens (tertiary/aromatic N) is 3. The highest BCUT2D eigenvalue weighted by Gasteiger charge is 2.15. The highest BCUT2D eigenvalue weighted by molar-refractivity contribution is 7.86. The van der Waals surface area contributed by atoms with E-state index in [0.717, 1.165) is 5.56 Å². The molecule has 2 rings (SSSR count). The molecule has 0 spiro atoms. The Balaban J connectivity index is 1.95. The average molecular weight is 377 g/mol. The van der Waals surface area contributed by atoms with Crippen LogP contribution in [0.15, 0.2) is 63.6 Å². The van der Waals surface area contributed by atoms with Crippen LogP contribution in [-0.4, -0.2) is 25.5 Å². The van der Waals surface area contributed by atoms with Crippen molar-refractivity contribution >= 4 is 28.0 Å². The van der Waals surface area contributed by atoms with E-state index in [1.165, 1.54) is 42.6 Å². The topological polar surface area (TPSA) is 149 Å². The maximum absolute atomic E-state index is 11.9. The largest absolute Gasteiger partial charge is 0.367 e. The van der Waals surface area contributed by atoms with Gasteiger partial charge in [-0.3, -0.25) is 10.1 Å². The lowest BCUT2D eigenvalue weighted by Gasteiger charge is -2.06. The van der Waals surface area contributed by atoms with Gasteiger partial charge in [0.2, 0.25) is 5.96 Å². The number of nitrogens with one attached hydrogen (secondary N) is 1.